The number of benzene rings is 2. The molecule has 1 aliphatic heterocycles. The van der Waals surface area contributed by atoms with Crippen molar-refractivity contribution in [3.8, 4) is 22.5 Å². The Morgan fingerprint density at radius 2 is 1.29 bits per heavy atom. The number of carboxylic acids is 1. The Morgan fingerprint density at radius 3 is 1.74 bits per heavy atom. The lowest BCUT2D eigenvalue weighted by Crippen LogP contribution is -2.49. The normalized spacial score (nSPS) is 15.6. The minimum Gasteiger partial charge on any atom is -0.543 e. The van der Waals surface area contributed by atoms with Crippen molar-refractivity contribution < 1.29 is 23.5 Å². The van der Waals surface area contributed by atoms with Gasteiger partial charge in [0.1, 0.15) is 5.69 Å². The summed E-state index contributed by atoms with van der Waals surface area (Å²) < 4.78 is 26.9. The Morgan fingerprint density at radius 1 is 0.853 bits per heavy atom. The van der Waals surface area contributed by atoms with Crippen molar-refractivity contribution in [1.29, 1.82) is 0 Å². The van der Waals surface area contributed by atoms with Crippen molar-refractivity contribution >= 4 is 35.1 Å². The number of aromatic nitrogens is 2. The number of rotatable bonds is 5. The van der Waals surface area contributed by atoms with E-state index in [2.05, 4.69) is 15.4 Å². The highest BCUT2D eigenvalue weighted by Crippen LogP contribution is 2.32. The molecule has 1 aromatic heterocycles. The maximum atomic E-state index is 13.4. The first kappa shape index (κ1) is 24.0. The summed E-state index contributed by atoms with van der Waals surface area (Å²) in [5.41, 5.74) is 2.72. The molecule has 0 spiro atoms. The van der Waals surface area contributed by atoms with Crippen LogP contribution in [0.3, 0.4) is 0 Å². The van der Waals surface area contributed by atoms with E-state index >= 15 is 0 Å². The SMILES string of the molecule is O=C([O-])c1nc(-c2ccc(Cl)cc2)c(-c2ccc(Cl)cc2)nc1C(=O)NN1CCC(F)(F)CC1. The van der Waals surface area contributed by atoms with Gasteiger partial charge < -0.3 is 9.90 Å². The second-order valence-electron chi connectivity index (χ2n) is 7.70. The number of amides is 1. The predicted octanol–water partition coefficient (Wildman–Crippen LogP) is 3.86. The summed E-state index contributed by atoms with van der Waals surface area (Å²) >= 11 is 12.0. The number of hydrogen-bond acceptors (Lipinski definition) is 6. The largest absolute Gasteiger partial charge is 0.543 e. The number of nitrogens with one attached hydrogen (secondary N) is 1. The minimum absolute atomic E-state index is 0.0975. The zero-order valence-electron chi connectivity index (χ0n) is 17.5. The third-order valence-electron chi connectivity index (χ3n) is 5.29. The molecule has 34 heavy (non-hydrogen) atoms. The number of nitrogens with zero attached hydrogens (tertiary/aromatic N) is 3. The summed E-state index contributed by atoms with van der Waals surface area (Å²) in [6.07, 6.45) is -0.865. The second kappa shape index (κ2) is 9.61. The van der Waals surface area contributed by atoms with Crippen LogP contribution in [0.5, 0.6) is 0 Å². The summed E-state index contributed by atoms with van der Waals surface area (Å²) in [5, 5.41) is 14.1. The molecule has 2 heterocycles. The van der Waals surface area contributed by atoms with Gasteiger partial charge in [-0.2, -0.15) is 0 Å². The molecule has 7 nitrogen and oxygen atoms in total. The van der Waals surface area contributed by atoms with Crippen LogP contribution in [-0.2, 0) is 0 Å². The van der Waals surface area contributed by atoms with Crippen molar-refractivity contribution in [2.75, 3.05) is 13.1 Å². The first-order chi connectivity index (χ1) is 16.1. The summed E-state index contributed by atoms with van der Waals surface area (Å²) in [4.78, 5) is 33.4. The van der Waals surface area contributed by atoms with Gasteiger partial charge in [-0.05, 0) is 24.3 Å². The van der Waals surface area contributed by atoms with Crippen molar-refractivity contribution in [3.05, 3.63) is 70.0 Å². The van der Waals surface area contributed by atoms with Gasteiger partial charge in [-0.25, -0.2) is 23.8 Å². The summed E-state index contributed by atoms with van der Waals surface area (Å²) in [5.74, 6) is -5.41. The van der Waals surface area contributed by atoms with Gasteiger partial charge in [0.15, 0.2) is 5.69 Å². The molecular weight excluding hydrogens is 489 g/mol. The third kappa shape index (κ3) is 5.32. The van der Waals surface area contributed by atoms with Crippen LogP contribution in [0.25, 0.3) is 22.5 Å². The standard InChI is InChI=1S/C23H18Cl2F2N4O3/c24-15-5-1-13(2-6-15)17-18(14-3-7-16(25)8-4-14)29-20(22(33)34)19(28-17)21(32)30-31-11-9-23(26,27)10-12-31/h1-8H,9-12H2,(H,30,32)(H,33,34)/p-1. The second-order valence-corrected chi connectivity index (χ2v) is 8.58. The molecule has 11 heteroatoms. The Balaban J connectivity index is 1.79. The first-order valence-electron chi connectivity index (χ1n) is 10.2. The van der Waals surface area contributed by atoms with Crippen LogP contribution in [0.15, 0.2) is 48.5 Å². The number of hydrogen-bond donors (Lipinski definition) is 1. The minimum atomic E-state index is -2.81. The highest BCUT2D eigenvalue weighted by Gasteiger charge is 2.35. The number of hydrazine groups is 1. The van der Waals surface area contributed by atoms with Crippen LogP contribution in [0, 0.1) is 0 Å². The topological polar surface area (TPSA) is 98.2 Å². The van der Waals surface area contributed by atoms with Crippen LogP contribution in [0.1, 0.15) is 33.8 Å². The molecule has 0 unspecified atom stereocenters. The number of carbonyl (C=O) groups is 2. The van der Waals surface area contributed by atoms with Crippen LogP contribution < -0.4 is 10.5 Å². The van der Waals surface area contributed by atoms with E-state index in [1.54, 1.807) is 48.5 Å². The predicted molar refractivity (Wildman–Crippen MR) is 120 cm³/mol. The van der Waals surface area contributed by atoms with E-state index in [9.17, 15) is 23.5 Å². The van der Waals surface area contributed by atoms with Gasteiger partial charge in [-0.1, -0.05) is 47.5 Å². The van der Waals surface area contributed by atoms with Gasteiger partial charge in [-0.3, -0.25) is 10.2 Å². The molecule has 0 aliphatic carbocycles. The average molecular weight is 506 g/mol. The monoisotopic (exact) mass is 505 g/mol. The molecule has 2 aromatic carbocycles. The Kier molecular flexibility index (Phi) is 6.79. The average Bonchev–Trinajstić information content (AvgIpc) is 2.80. The fourth-order valence-electron chi connectivity index (χ4n) is 3.50. The van der Waals surface area contributed by atoms with E-state index < -0.39 is 42.0 Å². The van der Waals surface area contributed by atoms with Gasteiger partial charge in [0.2, 0.25) is 0 Å². The Hall–Kier alpha value is -3.14. The number of piperidine rings is 1. The lowest BCUT2D eigenvalue weighted by molar-refractivity contribution is -0.255. The molecule has 4 rings (SSSR count). The molecule has 1 amide bonds. The third-order valence-corrected chi connectivity index (χ3v) is 5.80. The molecule has 0 bridgehead atoms. The van der Waals surface area contributed by atoms with Gasteiger partial charge in [0, 0.05) is 47.1 Å². The zero-order chi connectivity index (χ0) is 24.5. The summed E-state index contributed by atoms with van der Waals surface area (Å²) in [7, 11) is 0. The van der Waals surface area contributed by atoms with Gasteiger partial charge >= 0.3 is 0 Å². The molecule has 0 radical (unpaired) electrons. The van der Waals surface area contributed by atoms with Gasteiger partial charge in [-0.15, -0.1) is 0 Å². The number of carboxylic acid groups (broad SMARTS) is 1. The van der Waals surface area contributed by atoms with E-state index in [-0.39, 0.29) is 24.5 Å². The van der Waals surface area contributed by atoms with E-state index in [4.69, 9.17) is 23.2 Å². The molecule has 1 aliphatic rings. The fourth-order valence-corrected chi connectivity index (χ4v) is 3.75. The summed E-state index contributed by atoms with van der Waals surface area (Å²) in [6, 6.07) is 13.0. The smallest absolute Gasteiger partial charge is 0.286 e. The van der Waals surface area contributed by atoms with Crippen LogP contribution in [0.2, 0.25) is 10.0 Å². The first-order valence-corrected chi connectivity index (χ1v) is 11.0. The molecule has 0 saturated carbocycles. The molecule has 1 saturated heterocycles. The summed E-state index contributed by atoms with van der Waals surface area (Å²) in [6.45, 7) is -0.195. The van der Waals surface area contributed by atoms with Gasteiger partial charge in [0.05, 0.1) is 17.4 Å². The van der Waals surface area contributed by atoms with Gasteiger partial charge in [0.25, 0.3) is 11.8 Å². The molecule has 176 valence electrons. The highest BCUT2D eigenvalue weighted by atomic mass is 35.5. The number of halogens is 4. The molecular formula is C23H17Cl2F2N4O3-. The van der Waals surface area contributed by atoms with Crippen LogP contribution >= 0.6 is 23.2 Å². The van der Waals surface area contributed by atoms with E-state index in [0.717, 1.165) is 0 Å². The molecule has 3 aromatic rings. The van der Waals surface area contributed by atoms with E-state index in [1.165, 1.54) is 5.01 Å². The molecule has 1 N–H and O–H groups in total. The van der Waals surface area contributed by atoms with Crippen LogP contribution in [0.4, 0.5) is 8.78 Å². The fraction of sp³-hybridized carbons (Fsp3) is 0.217. The quantitative estimate of drug-likeness (QED) is 0.565. The van der Waals surface area contributed by atoms with Crippen molar-refractivity contribution in [1.82, 2.24) is 20.4 Å². The van der Waals surface area contributed by atoms with Crippen LogP contribution in [-0.4, -0.2) is 45.9 Å². The number of carbonyl (C=O) groups excluding carboxylic acids is 2. The zero-order valence-corrected chi connectivity index (χ0v) is 19.0. The highest BCUT2D eigenvalue weighted by molar-refractivity contribution is 6.31. The number of aromatic carboxylic acids is 1. The molecule has 1 fully saturated rings. The van der Waals surface area contributed by atoms with Crippen molar-refractivity contribution in [3.63, 3.8) is 0 Å². The Labute approximate surface area is 203 Å². The van der Waals surface area contributed by atoms with E-state index in [0.29, 0.717) is 21.2 Å². The Bertz CT molecular complexity index is 1230. The lowest BCUT2D eigenvalue weighted by atomic mass is 10.0. The van der Waals surface area contributed by atoms with Crippen molar-refractivity contribution in [2.45, 2.75) is 18.8 Å². The maximum absolute atomic E-state index is 13.4. The molecule has 0 atom stereocenters. The lowest BCUT2D eigenvalue weighted by Gasteiger charge is -2.31. The number of alkyl halides is 2. The maximum Gasteiger partial charge on any atom is 0.286 e. The van der Waals surface area contributed by atoms with E-state index in [1.807, 2.05) is 0 Å². The van der Waals surface area contributed by atoms with Crippen molar-refractivity contribution in [2.24, 2.45) is 0 Å².